The monoisotopic (exact) mass is 285 g/mol. The molecule has 0 aliphatic heterocycles. The molecule has 1 fully saturated rings. The van der Waals surface area contributed by atoms with Crippen LogP contribution in [0.15, 0.2) is 0 Å². The van der Waals surface area contributed by atoms with Gasteiger partial charge < -0.3 is 10.1 Å². The van der Waals surface area contributed by atoms with E-state index in [-0.39, 0.29) is 0 Å². The van der Waals surface area contributed by atoms with E-state index in [9.17, 15) is 0 Å². The third kappa shape index (κ3) is 3.71. The van der Waals surface area contributed by atoms with Crippen molar-refractivity contribution in [3.05, 3.63) is 16.4 Å². The Labute approximate surface area is 120 Å². The summed E-state index contributed by atoms with van der Waals surface area (Å²) in [6, 6.07) is 0.674. The van der Waals surface area contributed by atoms with Crippen LogP contribution in [0.2, 0.25) is 5.02 Å². The van der Waals surface area contributed by atoms with Gasteiger partial charge in [0.1, 0.15) is 0 Å². The molecular formula is C14H24ClN3O. The number of nitrogens with zero attached hydrogens (tertiary/aromatic N) is 2. The van der Waals surface area contributed by atoms with Gasteiger partial charge in [-0.05, 0) is 39.2 Å². The van der Waals surface area contributed by atoms with Crippen LogP contribution < -0.4 is 5.32 Å². The van der Waals surface area contributed by atoms with Crippen molar-refractivity contribution in [2.45, 2.75) is 58.3 Å². The van der Waals surface area contributed by atoms with Crippen molar-refractivity contribution in [1.29, 1.82) is 0 Å². The molecule has 5 heteroatoms. The first-order valence-corrected chi connectivity index (χ1v) is 7.52. The Hall–Kier alpha value is -0.580. The Morgan fingerprint density at radius 1 is 1.37 bits per heavy atom. The molecule has 0 aromatic carbocycles. The lowest BCUT2D eigenvalue weighted by Gasteiger charge is -2.29. The fourth-order valence-electron chi connectivity index (χ4n) is 2.76. The zero-order valence-corrected chi connectivity index (χ0v) is 12.8. The molecule has 0 radical (unpaired) electrons. The second-order valence-corrected chi connectivity index (χ2v) is 5.69. The molecule has 4 nitrogen and oxygen atoms in total. The van der Waals surface area contributed by atoms with Crippen LogP contribution in [0.25, 0.3) is 0 Å². The van der Waals surface area contributed by atoms with Gasteiger partial charge >= 0.3 is 0 Å². The van der Waals surface area contributed by atoms with E-state index in [1.807, 2.05) is 18.7 Å². The normalized spacial score (nSPS) is 23.8. The second-order valence-electron chi connectivity index (χ2n) is 5.31. The lowest BCUT2D eigenvalue weighted by Crippen LogP contribution is -2.35. The zero-order valence-electron chi connectivity index (χ0n) is 12.1. The molecule has 1 aliphatic carbocycles. The Morgan fingerprint density at radius 3 is 2.58 bits per heavy atom. The van der Waals surface area contributed by atoms with Crippen molar-refractivity contribution >= 4 is 11.6 Å². The summed E-state index contributed by atoms with van der Waals surface area (Å²) < 4.78 is 7.82. The third-order valence-electron chi connectivity index (χ3n) is 3.88. The first-order chi connectivity index (χ1) is 9.11. The van der Waals surface area contributed by atoms with Crippen molar-refractivity contribution < 1.29 is 4.74 Å². The van der Waals surface area contributed by atoms with Gasteiger partial charge in [-0.3, -0.25) is 4.68 Å². The largest absolute Gasteiger partial charge is 0.372 e. The zero-order chi connectivity index (χ0) is 13.8. The van der Waals surface area contributed by atoms with Crippen LogP contribution in [0.4, 0.5) is 0 Å². The second kappa shape index (κ2) is 6.73. The molecule has 1 aromatic rings. The van der Waals surface area contributed by atoms with Crippen LogP contribution in [0, 0.1) is 6.92 Å². The summed E-state index contributed by atoms with van der Waals surface area (Å²) in [5.74, 6) is 0. The van der Waals surface area contributed by atoms with Gasteiger partial charge in [-0.2, -0.15) is 5.10 Å². The molecule has 0 saturated heterocycles. The van der Waals surface area contributed by atoms with Crippen molar-refractivity contribution in [3.8, 4) is 0 Å². The predicted octanol–water partition coefficient (Wildman–Crippen LogP) is 2.82. The van der Waals surface area contributed by atoms with Gasteiger partial charge in [0.25, 0.3) is 0 Å². The maximum atomic E-state index is 6.22. The molecule has 108 valence electrons. The number of aromatic nitrogens is 2. The average molecular weight is 286 g/mol. The summed E-state index contributed by atoms with van der Waals surface area (Å²) in [6.45, 7) is 5.70. The molecule has 0 amide bonds. The number of nitrogens with one attached hydrogen (secondary N) is 1. The summed E-state index contributed by atoms with van der Waals surface area (Å²) in [4.78, 5) is 0. The summed E-state index contributed by atoms with van der Waals surface area (Å²) in [7, 11) is 1.92. The highest BCUT2D eigenvalue weighted by molar-refractivity contribution is 6.31. The highest BCUT2D eigenvalue weighted by Crippen LogP contribution is 2.25. The van der Waals surface area contributed by atoms with Crippen LogP contribution in [0.5, 0.6) is 0 Å². The van der Waals surface area contributed by atoms with Crippen LogP contribution >= 0.6 is 11.6 Å². The molecular weight excluding hydrogens is 262 g/mol. The van der Waals surface area contributed by atoms with E-state index < -0.39 is 0 Å². The van der Waals surface area contributed by atoms with Crippen LogP contribution in [0.1, 0.15) is 44.0 Å². The fourth-order valence-corrected chi connectivity index (χ4v) is 2.97. The highest BCUT2D eigenvalue weighted by atomic mass is 35.5. The minimum absolute atomic E-state index is 0.362. The summed E-state index contributed by atoms with van der Waals surface area (Å²) >= 11 is 6.22. The third-order valence-corrected chi connectivity index (χ3v) is 4.38. The van der Waals surface area contributed by atoms with Gasteiger partial charge in [-0.15, -0.1) is 0 Å². The summed E-state index contributed by atoms with van der Waals surface area (Å²) in [6.07, 6.45) is 5.03. The number of hydrogen-bond acceptors (Lipinski definition) is 3. The topological polar surface area (TPSA) is 39.1 Å². The van der Waals surface area contributed by atoms with Crippen molar-refractivity contribution in [2.75, 3.05) is 6.54 Å². The van der Waals surface area contributed by atoms with Crippen LogP contribution in [-0.4, -0.2) is 28.5 Å². The van der Waals surface area contributed by atoms with Crippen molar-refractivity contribution in [2.24, 2.45) is 7.05 Å². The van der Waals surface area contributed by atoms with Gasteiger partial charge in [0.2, 0.25) is 0 Å². The first kappa shape index (κ1) is 14.8. The number of halogens is 1. The molecule has 1 heterocycles. The number of hydrogen-bond donors (Lipinski definition) is 1. The van der Waals surface area contributed by atoms with Gasteiger partial charge in [0.15, 0.2) is 0 Å². The lowest BCUT2D eigenvalue weighted by atomic mass is 9.93. The van der Waals surface area contributed by atoms with Gasteiger partial charge in [-0.1, -0.05) is 18.5 Å². The number of rotatable bonds is 5. The van der Waals surface area contributed by atoms with Crippen molar-refractivity contribution in [3.63, 3.8) is 0 Å². The average Bonchev–Trinajstić information content (AvgIpc) is 2.64. The quantitative estimate of drug-likeness (QED) is 0.904. The van der Waals surface area contributed by atoms with E-state index in [2.05, 4.69) is 17.3 Å². The predicted molar refractivity (Wildman–Crippen MR) is 77.5 cm³/mol. The van der Waals surface area contributed by atoms with Crippen LogP contribution in [0.3, 0.4) is 0 Å². The molecule has 0 bridgehead atoms. The van der Waals surface area contributed by atoms with Gasteiger partial charge in [0, 0.05) is 13.1 Å². The van der Waals surface area contributed by atoms with E-state index in [0.29, 0.717) is 18.8 Å². The Kier molecular flexibility index (Phi) is 5.25. The molecule has 1 aliphatic rings. The minimum Gasteiger partial charge on any atom is -0.372 e. The maximum Gasteiger partial charge on any atom is 0.0903 e. The fraction of sp³-hybridized carbons (Fsp3) is 0.786. The molecule has 1 N–H and O–H groups in total. The Morgan fingerprint density at radius 2 is 2.05 bits per heavy atom. The molecule has 2 rings (SSSR count). The molecule has 19 heavy (non-hydrogen) atoms. The van der Waals surface area contributed by atoms with Crippen LogP contribution in [-0.2, 0) is 18.4 Å². The lowest BCUT2D eigenvalue weighted by molar-refractivity contribution is 0.00867. The van der Waals surface area contributed by atoms with E-state index in [4.69, 9.17) is 16.3 Å². The van der Waals surface area contributed by atoms with Crippen molar-refractivity contribution in [1.82, 2.24) is 15.1 Å². The summed E-state index contributed by atoms with van der Waals surface area (Å²) in [5.41, 5.74) is 1.85. The first-order valence-electron chi connectivity index (χ1n) is 7.14. The molecule has 0 atom stereocenters. The van der Waals surface area contributed by atoms with Gasteiger partial charge in [0.05, 0.1) is 29.1 Å². The number of aryl methyl sites for hydroxylation is 2. The Balaban J connectivity index is 1.80. The van der Waals surface area contributed by atoms with Gasteiger partial charge in [-0.25, -0.2) is 0 Å². The smallest absolute Gasteiger partial charge is 0.0903 e. The maximum absolute atomic E-state index is 6.22. The van der Waals surface area contributed by atoms with E-state index in [1.54, 1.807) is 0 Å². The standard InChI is InChI=1S/C14H24ClN3O/c1-4-16-11-5-7-12(8-6-11)19-9-13-14(15)10(2)17-18(13)3/h11-12,16H,4-9H2,1-3H3. The molecule has 0 spiro atoms. The molecule has 0 unspecified atom stereocenters. The van der Waals surface area contributed by atoms with E-state index in [0.717, 1.165) is 35.8 Å². The molecule has 1 saturated carbocycles. The SMILES string of the molecule is CCNC1CCC(OCc2c(Cl)c(C)nn2C)CC1. The minimum atomic E-state index is 0.362. The molecule has 1 aromatic heterocycles. The van der Waals surface area contributed by atoms with E-state index in [1.165, 1.54) is 12.8 Å². The Bertz CT molecular complexity index is 411. The van der Waals surface area contributed by atoms with E-state index >= 15 is 0 Å². The summed E-state index contributed by atoms with van der Waals surface area (Å²) in [5, 5.41) is 8.55. The highest BCUT2D eigenvalue weighted by Gasteiger charge is 2.22. The number of ether oxygens (including phenoxy) is 1.